The minimum absolute atomic E-state index is 0.288. The molecule has 7 heteroatoms. The van der Waals surface area contributed by atoms with Crippen LogP contribution in [-0.4, -0.2) is 27.0 Å². The van der Waals surface area contributed by atoms with Crippen molar-refractivity contribution in [2.24, 2.45) is 7.05 Å². The summed E-state index contributed by atoms with van der Waals surface area (Å²) in [5.74, 6) is 0.731. The van der Waals surface area contributed by atoms with Crippen LogP contribution >= 0.6 is 11.6 Å². The molecule has 0 aliphatic heterocycles. The highest BCUT2D eigenvalue weighted by molar-refractivity contribution is 6.30. The molecule has 0 aliphatic carbocycles. The standard InChI is InChI=1S/C19H19ClN4O2/c1-3-26-19-15(5-4-10-22-19)18(25)23-16(17-21-11-12-24(17)2)13-6-8-14(20)9-7-13/h4-12,16H,3H2,1-2H3,(H,23,25)/t16-/m0/s1. The molecule has 0 bridgehead atoms. The van der Waals surface area contributed by atoms with Gasteiger partial charge in [0.05, 0.1) is 6.61 Å². The van der Waals surface area contributed by atoms with Crippen molar-refractivity contribution in [3.63, 3.8) is 0 Å². The number of hydrogen-bond donors (Lipinski definition) is 1. The lowest BCUT2D eigenvalue weighted by Crippen LogP contribution is -2.31. The number of halogens is 1. The van der Waals surface area contributed by atoms with E-state index in [1.165, 1.54) is 0 Å². The second kappa shape index (κ2) is 8.01. The van der Waals surface area contributed by atoms with Crippen LogP contribution in [0, 0.1) is 0 Å². The number of rotatable bonds is 6. The maximum atomic E-state index is 12.9. The molecule has 134 valence electrons. The molecule has 6 nitrogen and oxygen atoms in total. The van der Waals surface area contributed by atoms with Crippen LogP contribution in [0.5, 0.6) is 5.88 Å². The fourth-order valence-electron chi connectivity index (χ4n) is 2.63. The molecule has 1 atom stereocenters. The van der Waals surface area contributed by atoms with Crippen LogP contribution in [0.15, 0.2) is 55.0 Å². The lowest BCUT2D eigenvalue weighted by molar-refractivity contribution is 0.0936. The second-order valence-electron chi connectivity index (χ2n) is 5.64. The van der Waals surface area contributed by atoms with Gasteiger partial charge in [-0.15, -0.1) is 0 Å². The minimum Gasteiger partial charge on any atom is -0.477 e. The van der Waals surface area contributed by atoms with Gasteiger partial charge in [0.15, 0.2) is 0 Å². The van der Waals surface area contributed by atoms with Gasteiger partial charge in [0.1, 0.15) is 17.4 Å². The average molecular weight is 371 g/mol. The van der Waals surface area contributed by atoms with Crippen molar-refractivity contribution in [2.45, 2.75) is 13.0 Å². The highest BCUT2D eigenvalue weighted by Crippen LogP contribution is 2.24. The summed E-state index contributed by atoms with van der Waals surface area (Å²) in [5.41, 5.74) is 1.25. The Morgan fingerprint density at radius 1 is 1.23 bits per heavy atom. The van der Waals surface area contributed by atoms with Gasteiger partial charge in [-0.1, -0.05) is 23.7 Å². The largest absolute Gasteiger partial charge is 0.477 e. The fourth-order valence-corrected chi connectivity index (χ4v) is 2.76. The summed E-state index contributed by atoms with van der Waals surface area (Å²) in [6.45, 7) is 2.28. The summed E-state index contributed by atoms with van der Waals surface area (Å²) in [6.07, 6.45) is 5.12. The number of benzene rings is 1. The molecular formula is C19H19ClN4O2. The van der Waals surface area contributed by atoms with Crippen LogP contribution in [0.3, 0.4) is 0 Å². The fraction of sp³-hybridized carbons (Fsp3) is 0.211. The van der Waals surface area contributed by atoms with Gasteiger partial charge in [0.2, 0.25) is 5.88 Å². The van der Waals surface area contributed by atoms with E-state index in [0.29, 0.717) is 28.9 Å². The van der Waals surface area contributed by atoms with Crippen LogP contribution in [0.1, 0.15) is 34.7 Å². The molecule has 3 rings (SSSR count). The quantitative estimate of drug-likeness (QED) is 0.722. The molecule has 0 radical (unpaired) electrons. The Morgan fingerprint density at radius 2 is 2.00 bits per heavy atom. The van der Waals surface area contributed by atoms with Crippen LogP contribution < -0.4 is 10.1 Å². The number of carbonyl (C=O) groups is 1. The Hall–Kier alpha value is -2.86. The molecule has 1 aromatic carbocycles. The molecule has 0 saturated heterocycles. The molecule has 2 aromatic heterocycles. The molecule has 2 heterocycles. The van der Waals surface area contributed by atoms with E-state index >= 15 is 0 Å². The van der Waals surface area contributed by atoms with Crippen molar-refractivity contribution >= 4 is 17.5 Å². The normalized spacial score (nSPS) is 11.8. The molecule has 0 spiro atoms. The SMILES string of the molecule is CCOc1ncccc1C(=O)N[C@@H](c1ccc(Cl)cc1)c1nccn1C. The molecule has 0 saturated carbocycles. The number of imidazole rings is 1. The van der Waals surface area contributed by atoms with Crippen LogP contribution in [0.2, 0.25) is 5.02 Å². The maximum absolute atomic E-state index is 12.9. The highest BCUT2D eigenvalue weighted by atomic mass is 35.5. The van der Waals surface area contributed by atoms with Gasteiger partial charge in [-0.25, -0.2) is 9.97 Å². The Balaban J connectivity index is 1.95. The topological polar surface area (TPSA) is 69.0 Å². The molecule has 0 aliphatic rings. The van der Waals surface area contributed by atoms with Crippen molar-refractivity contribution in [2.75, 3.05) is 6.61 Å². The predicted octanol–water partition coefficient (Wildman–Crippen LogP) is 3.39. The van der Waals surface area contributed by atoms with E-state index in [4.69, 9.17) is 16.3 Å². The Morgan fingerprint density at radius 3 is 2.65 bits per heavy atom. The smallest absolute Gasteiger partial charge is 0.257 e. The van der Waals surface area contributed by atoms with Crippen molar-refractivity contribution in [1.82, 2.24) is 19.9 Å². The number of hydrogen-bond acceptors (Lipinski definition) is 4. The monoisotopic (exact) mass is 370 g/mol. The third kappa shape index (κ3) is 3.86. The zero-order valence-corrected chi connectivity index (χ0v) is 15.3. The van der Waals surface area contributed by atoms with E-state index in [1.54, 1.807) is 36.7 Å². The first-order valence-electron chi connectivity index (χ1n) is 8.21. The van der Waals surface area contributed by atoms with E-state index in [0.717, 1.165) is 5.56 Å². The molecule has 1 N–H and O–H groups in total. The molecule has 1 amide bonds. The van der Waals surface area contributed by atoms with Crippen molar-refractivity contribution < 1.29 is 9.53 Å². The Labute approximate surface area is 156 Å². The number of aryl methyl sites for hydroxylation is 1. The summed E-state index contributed by atoms with van der Waals surface area (Å²) in [5, 5.41) is 3.65. The number of amides is 1. The number of pyridine rings is 1. The number of nitrogens with zero attached hydrogens (tertiary/aromatic N) is 3. The number of aromatic nitrogens is 3. The third-order valence-electron chi connectivity index (χ3n) is 3.89. The lowest BCUT2D eigenvalue weighted by Gasteiger charge is -2.20. The van der Waals surface area contributed by atoms with Gasteiger partial charge < -0.3 is 14.6 Å². The van der Waals surface area contributed by atoms with E-state index in [2.05, 4.69) is 15.3 Å². The zero-order valence-electron chi connectivity index (χ0n) is 14.5. The van der Waals surface area contributed by atoms with Crippen LogP contribution in [0.25, 0.3) is 0 Å². The third-order valence-corrected chi connectivity index (χ3v) is 4.14. The Bertz CT molecular complexity index is 893. The zero-order chi connectivity index (χ0) is 18.5. The second-order valence-corrected chi connectivity index (χ2v) is 6.08. The van der Waals surface area contributed by atoms with Crippen LogP contribution in [-0.2, 0) is 7.05 Å². The van der Waals surface area contributed by atoms with E-state index in [-0.39, 0.29) is 5.91 Å². The molecule has 0 fully saturated rings. The van der Waals surface area contributed by atoms with Crippen molar-refractivity contribution in [3.05, 3.63) is 77.0 Å². The average Bonchev–Trinajstić information content (AvgIpc) is 3.07. The van der Waals surface area contributed by atoms with E-state index in [1.807, 2.05) is 36.9 Å². The molecule has 26 heavy (non-hydrogen) atoms. The summed E-state index contributed by atoms with van der Waals surface area (Å²) in [6, 6.07) is 10.3. The van der Waals surface area contributed by atoms with E-state index < -0.39 is 6.04 Å². The molecule has 3 aromatic rings. The lowest BCUT2D eigenvalue weighted by atomic mass is 10.1. The molecule has 0 unspecified atom stereocenters. The predicted molar refractivity (Wildman–Crippen MR) is 99.4 cm³/mol. The summed E-state index contributed by atoms with van der Waals surface area (Å²) >= 11 is 6.00. The van der Waals surface area contributed by atoms with Gasteiger partial charge in [-0.05, 0) is 36.8 Å². The summed E-state index contributed by atoms with van der Waals surface area (Å²) < 4.78 is 7.33. The van der Waals surface area contributed by atoms with Crippen LogP contribution in [0.4, 0.5) is 0 Å². The number of ether oxygens (including phenoxy) is 1. The first kappa shape index (κ1) is 17.9. The maximum Gasteiger partial charge on any atom is 0.257 e. The van der Waals surface area contributed by atoms with Gasteiger partial charge in [0.25, 0.3) is 5.91 Å². The van der Waals surface area contributed by atoms with Gasteiger partial charge in [-0.3, -0.25) is 4.79 Å². The van der Waals surface area contributed by atoms with Gasteiger partial charge in [0, 0.05) is 30.7 Å². The number of carbonyl (C=O) groups excluding carboxylic acids is 1. The first-order chi connectivity index (χ1) is 12.6. The Kier molecular flexibility index (Phi) is 5.53. The van der Waals surface area contributed by atoms with Gasteiger partial charge in [-0.2, -0.15) is 0 Å². The summed E-state index contributed by atoms with van der Waals surface area (Å²) in [7, 11) is 1.88. The highest BCUT2D eigenvalue weighted by Gasteiger charge is 2.23. The van der Waals surface area contributed by atoms with Gasteiger partial charge >= 0.3 is 0 Å². The number of nitrogens with one attached hydrogen (secondary N) is 1. The molecular weight excluding hydrogens is 352 g/mol. The first-order valence-corrected chi connectivity index (χ1v) is 8.59. The van der Waals surface area contributed by atoms with Crippen molar-refractivity contribution in [3.8, 4) is 5.88 Å². The van der Waals surface area contributed by atoms with E-state index in [9.17, 15) is 4.79 Å². The minimum atomic E-state index is -0.436. The van der Waals surface area contributed by atoms with Crippen molar-refractivity contribution in [1.29, 1.82) is 0 Å². The summed E-state index contributed by atoms with van der Waals surface area (Å²) in [4.78, 5) is 21.4.